The molecule has 19 heavy (non-hydrogen) atoms. The third kappa shape index (κ3) is 2.17. The molecule has 0 saturated heterocycles. The first-order chi connectivity index (χ1) is 9.28. The number of hydrogen-bond acceptors (Lipinski definition) is 3. The predicted molar refractivity (Wildman–Crippen MR) is 69.1 cm³/mol. The van der Waals surface area contributed by atoms with E-state index in [-0.39, 0.29) is 5.82 Å². The average Bonchev–Trinajstić information content (AvgIpc) is 2.46. The van der Waals surface area contributed by atoms with Gasteiger partial charge in [-0.1, -0.05) is 35.5 Å². The van der Waals surface area contributed by atoms with Crippen LogP contribution in [-0.2, 0) is 6.42 Å². The Bertz CT molecular complexity index is 622. The van der Waals surface area contributed by atoms with E-state index in [1.54, 1.807) is 12.1 Å². The minimum Gasteiger partial charge on any atom is -0.479 e. The Labute approximate surface area is 110 Å². The number of oxime groups is 1. The van der Waals surface area contributed by atoms with Crippen LogP contribution in [0.2, 0.25) is 0 Å². The molecule has 4 heteroatoms. The number of benzene rings is 2. The molecule has 0 saturated carbocycles. The molecular weight excluding hydrogens is 245 g/mol. The first-order valence-electron chi connectivity index (χ1n) is 5.99. The summed E-state index contributed by atoms with van der Waals surface area (Å²) >= 11 is 0. The molecule has 1 heterocycles. The molecule has 0 spiro atoms. The van der Waals surface area contributed by atoms with Crippen molar-refractivity contribution in [2.75, 3.05) is 0 Å². The maximum atomic E-state index is 13.0. The maximum absolute atomic E-state index is 13.0. The van der Waals surface area contributed by atoms with Crippen molar-refractivity contribution in [2.24, 2.45) is 5.16 Å². The fourth-order valence-electron chi connectivity index (χ4n) is 2.23. The van der Waals surface area contributed by atoms with E-state index < -0.39 is 6.10 Å². The Morgan fingerprint density at radius 2 is 1.84 bits per heavy atom. The van der Waals surface area contributed by atoms with Crippen molar-refractivity contribution >= 4 is 5.71 Å². The summed E-state index contributed by atoms with van der Waals surface area (Å²) in [5.41, 5.74) is 2.27. The topological polar surface area (TPSA) is 41.8 Å². The zero-order valence-electron chi connectivity index (χ0n) is 10.1. The van der Waals surface area contributed by atoms with Gasteiger partial charge in [-0.3, -0.25) is 0 Å². The van der Waals surface area contributed by atoms with Gasteiger partial charge in [-0.15, -0.1) is 0 Å². The van der Waals surface area contributed by atoms with Crippen molar-refractivity contribution < 1.29 is 14.3 Å². The molecule has 0 amide bonds. The SMILES string of the molecule is O/N=C1/Cc2ccccc2OC1c1ccc(F)cc1. The molecule has 1 atom stereocenters. The second-order valence-corrected chi connectivity index (χ2v) is 4.43. The van der Waals surface area contributed by atoms with E-state index in [0.717, 1.165) is 16.9 Å². The van der Waals surface area contributed by atoms with Gasteiger partial charge in [0.25, 0.3) is 0 Å². The van der Waals surface area contributed by atoms with Crippen molar-refractivity contribution in [1.82, 2.24) is 0 Å². The Balaban J connectivity index is 2.00. The molecule has 3 nitrogen and oxygen atoms in total. The Morgan fingerprint density at radius 3 is 2.58 bits per heavy atom. The second-order valence-electron chi connectivity index (χ2n) is 4.43. The molecule has 96 valence electrons. The summed E-state index contributed by atoms with van der Waals surface area (Å²) in [5.74, 6) is 0.465. The molecule has 0 radical (unpaired) electrons. The smallest absolute Gasteiger partial charge is 0.165 e. The van der Waals surface area contributed by atoms with Crippen molar-refractivity contribution in [3.8, 4) is 5.75 Å². The second kappa shape index (κ2) is 4.72. The van der Waals surface area contributed by atoms with Gasteiger partial charge in [0.1, 0.15) is 17.3 Å². The third-order valence-corrected chi connectivity index (χ3v) is 3.19. The van der Waals surface area contributed by atoms with Crippen LogP contribution < -0.4 is 4.74 Å². The largest absolute Gasteiger partial charge is 0.479 e. The van der Waals surface area contributed by atoms with E-state index in [2.05, 4.69) is 5.16 Å². The minimum atomic E-state index is -0.472. The van der Waals surface area contributed by atoms with Crippen LogP contribution in [0.25, 0.3) is 0 Å². The van der Waals surface area contributed by atoms with Crippen LogP contribution in [0.15, 0.2) is 53.7 Å². The fourth-order valence-corrected chi connectivity index (χ4v) is 2.23. The number of halogens is 1. The molecule has 0 fully saturated rings. The minimum absolute atomic E-state index is 0.303. The molecule has 0 bridgehead atoms. The number of ether oxygens (including phenoxy) is 1. The molecule has 1 aliphatic rings. The molecule has 3 rings (SSSR count). The van der Waals surface area contributed by atoms with Gasteiger partial charge < -0.3 is 9.94 Å². The van der Waals surface area contributed by atoms with Gasteiger partial charge in [0, 0.05) is 12.0 Å². The van der Waals surface area contributed by atoms with Gasteiger partial charge in [-0.25, -0.2) is 4.39 Å². The number of nitrogens with zero attached hydrogens (tertiary/aromatic N) is 1. The van der Waals surface area contributed by atoms with E-state index in [1.165, 1.54) is 12.1 Å². The molecule has 2 aromatic rings. The first-order valence-corrected chi connectivity index (χ1v) is 5.99. The van der Waals surface area contributed by atoms with Crippen LogP contribution in [0, 0.1) is 5.82 Å². The number of rotatable bonds is 1. The van der Waals surface area contributed by atoms with Gasteiger partial charge >= 0.3 is 0 Å². The highest BCUT2D eigenvalue weighted by Crippen LogP contribution is 2.33. The highest BCUT2D eigenvalue weighted by Gasteiger charge is 2.27. The van der Waals surface area contributed by atoms with Crippen LogP contribution in [-0.4, -0.2) is 10.9 Å². The van der Waals surface area contributed by atoms with Gasteiger partial charge in [-0.2, -0.15) is 0 Å². The zero-order chi connectivity index (χ0) is 13.2. The molecular formula is C15H12FNO2. The highest BCUT2D eigenvalue weighted by atomic mass is 19.1. The molecule has 1 unspecified atom stereocenters. The zero-order valence-corrected chi connectivity index (χ0v) is 10.1. The summed E-state index contributed by atoms with van der Waals surface area (Å²) in [6.07, 6.45) is 0.0508. The monoisotopic (exact) mass is 257 g/mol. The summed E-state index contributed by atoms with van der Waals surface area (Å²) in [5, 5.41) is 12.5. The Morgan fingerprint density at radius 1 is 1.11 bits per heavy atom. The normalized spacial score (nSPS) is 19.8. The van der Waals surface area contributed by atoms with Gasteiger partial charge in [0.05, 0.1) is 0 Å². The molecule has 1 aliphatic heterocycles. The van der Waals surface area contributed by atoms with E-state index >= 15 is 0 Å². The summed E-state index contributed by atoms with van der Waals surface area (Å²) in [6.45, 7) is 0. The average molecular weight is 257 g/mol. The third-order valence-electron chi connectivity index (χ3n) is 3.19. The number of para-hydroxylation sites is 1. The highest BCUT2D eigenvalue weighted by molar-refractivity contribution is 5.93. The maximum Gasteiger partial charge on any atom is 0.165 e. The van der Waals surface area contributed by atoms with Gasteiger partial charge in [-0.05, 0) is 23.8 Å². The molecule has 0 aromatic heterocycles. The lowest BCUT2D eigenvalue weighted by molar-refractivity contribution is 0.243. The first kappa shape index (κ1) is 11.7. The number of hydrogen-bond donors (Lipinski definition) is 1. The van der Waals surface area contributed by atoms with Crippen molar-refractivity contribution in [3.63, 3.8) is 0 Å². The molecule has 2 aromatic carbocycles. The van der Waals surface area contributed by atoms with Crippen LogP contribution in [0.4, 0.5) is 4.39 Å². The van der Waals surface area contributed by atoms with Crippen LogP contribution in [0.5, 0.6) is 5.75 Å². The Hall–Kier alpha value is -2.36. The van der Waals surface area contributed by atoms with Gasteiger partial charge in [0.2, 0.25) is 0 Å². The van der Waals surface area contributed by atoms with E-state index in [9.17, 15) is 4.39 Å². The Kier molecular flexibility index (Phi) is 2.91. The van der Waals surface area contributed by atoms with Crippen LogP contribution in [0.1, 0.15) is 17.2 Å². The van der Waals surface area contributed by atoms with Crippen LogP contribution in [0.3, 0.4) is 0 Å². The summed E-state index contributed by atoms with van der Waals surface area (Å²) < 4.78 is 18.8. The van der Waals surface area contributed by atoms with Crippen LogP contribution >= 0.6 is 0 Å². The summed E-state index contributed by atoms with van der Waals surface area (Å²) in [6, 6.07) is 13.6. The molecule has 1 N–H and O–H groups in total. The summed E-state index contributed by atoms with van der Waals surface area (Å²) in [7, 11) is 0. The lowest BCUT2D eigenvalue weighted by atomic mass is 9.95. The lowest BCUT2D eigenvalue weighted by Crippen LogP contribution is -2.26. The van der Waals surface area contributed by atoms with E-state index in [1.807, 2.05) is 24.3 Å². The van der Waals surface area contributed by atoms with E-state index in [0.29, 0.717) is 12.1 Å². The van der Waals surface area contributed by atoms with E-state index in [4.69, 9.17) is 9.94 Å². The fraction of sp³-hybridized carbons (Fsp3) is 0.133. The van der Waals surface area contributed by atoms with Crippen molar-refractivity contribution in [2.45, 2.75) is 12.5 Å². The lowest BCUT2D eigenvalue weighted by Gasteiger charge is -2.27. The van der Waals surface area contributed by atoms with Crippen molar-refractivity contribution in [1.29, 1.82) is 0 Å². The standard InChI is InChI=1S/C15H12FNO2/c16-12-7-5-10(6-8-12)15-13(17-18)9-11-3-1-2-4-14(11)19-15/h1-8,15,18H,9H2/b17-13-. The summed E-state index contributed by atoms with van der Waals surface area (Å²) in [4.78, 5) is 0. The van der Waals surface area contributed by atoms with Crippen molar-refractivity contribution in [3.05, 3.63) is 65.5 Å². The quantitative estimate of drug-likeness (QED) is 0.629. The van der Waals surface area contributed by atoms with Gasteiger partial charge in [0.15, 0.2) is 6.10 Å². The number of fused-ring (bicyclic) bond motifs is 1. The molecule has 0 aliphatic carbocycles. The predicted octanol–water partition coefficient (Wildman–Crippen LogP) is 3.33.